The highest BCUT2D eigenvalue weighted by atomic mass is 15.3. The summed E-state index contributed by atoms with van der Waals surface area (Å²) in [5.41, 5.74) is 0. The smallest absolute Gasteiger partial charge is 0.0686 e. The lowest BCUT2D eigenvalue weighted by molar-refractivity contribution is 0.0769. The fourth-order valence-corrected chi connectivity index (χ4v) is 2.79. The van der Waals surface area contributed by atoms with Gasteiger partial charge >= 0.3 is 0 Å². The van der Waals surface area contributed by atoms with Crippen molar-refractivity contribution in [2.45, 2.75) is 51.7 Å². The van der Waals surface area contributed by atoms with Gasteiger partial charge in [0.25, 0.3) is 0 Å². The molecule has 0 aromatic heterocycles. The van der Waals surface area contributed by atoms with Crippen LogP contribution in [0, 0.1) is 24.2 Å². The van der Waals surface area contributed by atoms with Gasteiger partial charge in [0.15, 0.2) is 0 Å². The number of terminal acetylenes is 1. The molecule has 1 aliphatic carbocycles. The highest BCUT2D eigenvalue weighted by Crippen LogP contribution is 2.35. The summed E-state index contributed by atoms with van der Waals surface area (Å²) < 4.78 is 0. The molecule has 2 rings (SSSR count). The molecular formula is C14H24N2. The number of rotatable bonds is 3. The molecule has 0 aromatic rings. The number of nitrogens with one attached hydrogen (secondary N) is 1. The Bertz CT molecular complexity index is 275. The van der Waals surface area contributed by atoms with Crippen molar-refractivity contribution >= 4 is 0 Å². The van der Waals surface area contributed by atoms with Crippen LogP contribution in [0.25, 0.3) is 0 Å². The maximum absolute atomic E-state index is 5.59. The first-order valence-corrected chi connectivity index (χ1v) is 6.58. The Labute approximate surface area is 99.8 Å². The zero-order valence-corrected chi connectivity index (χ0v) is 10.7. The molecule has 0 radical (unpaired) electrons. The molecule has 0 spiro atoms. The van der Waals surface area contributed by atoms with Crippen LogP contribution in [0.4, 0.5) is 0 Å². The van der Waals surface area contributed by atoms with E-state index < -0.39 is 0 Å². The van der Waals surface area contributed by atoms with Crippen LogP contribution in [0.15, 0.2) is 0 Å². The first kappa shape index (κ1) is 12.0. The highest BCUT2D eigenvalue weighted by molar-refractivity contribution is 5.04. The van der Waals surface area contributed by atoms with E-state index in [0.29, 0.717) is 18.0 Å². The summed E-state index contributed by atoms with van der Waals surface area (Å²) >= 11 is 0. The molecule has 3 unspecified atom stereocenters. The van der Waals surface area contributed by atoms with Gasteiger partial charge in [-0.1, -0.05) is 19.8 Å². The van der Waals surface area contributed by atoms with Gasteiger partial charge in [-0.05, 0) is 31.6 Å². The number of hydrogen-bond acceptors (Lipinski definition) is 2. The zero-order chi connectivity index (χ0) is 11.7. The van der Waals surface area contributed by atoms with Gasteiger partial charge in [0.05, 0.1) is 6.04 Å². The Hall–Kier alpha value is -0.520. The molecule has 0 amide bonds. The molecule has 0 bridgehead atoms. The fraction of sp³-hybridized carbons (Fsp3) is 0.857. The Morgan fingerprint density at radius 3 is 2.50 bits per heavy atom. The van der Waals surface area contributed by atoms with E-state index in [1.165, 1.54) is 12.8 Å². The Kier molecular flexibility index (Phi) is 3.56. The first-order chi connectivity index (χ1) is 7.63. The second kappa shape index (κ2) is 4.77. The van der Waals surface area contributed by atoms with Crippen molar-refractivity contribution in [3.8, 4) is 12.3 Å². The van der Waals surface area contributed by atoms with Crippen LogP contribution < -0.4 is 5.32 Å². The Morgan fingerprint density at radius 1 is 1.31 bits per heavy atom. The minimum absolute atomic E-state index is 0.274. The molecule has 90 valence electrons. The van der Waals surface area contributed by atoms with E-state index in [9.17, 15) is 0 Å². The second-order valence-electron chi connectivity index (χ2n) is 5.70. The summed E-state index contributed by atoms with van der Waals surface area (Å²) in [5.74, 6) is 4.48. The number of nitrogens with zero attached hydrogens (tertiary/aromatic N) is 1. The van der Waals surface area contributed by atoms with Crippen LogP contribution >= 0.6 is 0 Å². The summed E-state index contributed by atoms with van der Waals surface area (Å²) in [6, 6.07) is 1.56. The summed E-state index contributed by atoms with van der Waals surface area (Å²) in [6.07, 6.45) is 8.40. The molecule has 16 heavy (non-hydrogen) atoms. The maximum atomic E-state index is 5.59. The first-order valence-electron chi connectivity index (χ1n) is 6.58. The SMILES string of the molecule is C#CC(C)N1CC(C2CC2)NCC1C(C)C. The third kappa shape index (κ3) is 2.42. The highest BCUT2D eigenvalue weighted by Gasteiger charge is 2.39. The lowest BCUT2D eigenvalue weighted by atomic mass is 9.95. The molecule has 2 nitrogen and oxygen atoms in total. The molecule has 0 aromatic carbocycles. The van der Waals surface area contributed by atoms with Crippen molar-refractivity contribution in [3.05, 3.63) is 0 Å². The van der Waals surface area contributed by atoms with Crippen LogP contribution in [0.3, 0.4) is 0 Å². The molecule has 3 atom stereocenters. The minimum Gasteiger partial charge on any atom is -0.311 e. The van der Waals surface area contributed by atoms with Crippen molar-refractivity contribution < 1.29 is 0 Å². The summed E-state index contributed by atoms with van der Waals surface area (Å²) in [5, 5.41) is 3.71. The van der Waals surface area contributed by atoms with Crippen LogP contribution in [-0.2, 0) is 0 Å². The van der Waals surface area contributed by atoms with E-state index in [4.69, 9.17) is 6.42 Å². The Morgan fingerprint density at radius 2 is 2.00 bits per heavy atom. The monoisotopic (exact) mass is 220 g/mol. The average Bonchev–Trinajstić information content (AvgIpc) is 3.11. The van der Waals surface area contributed by atoms with Crippen LogP contribution in [0.5, 0.6) is 0 Å². The van der Waals surface area contributed by atoms with E-state index >= 15 is 0 Å². The van der Waals surface area contributed by atoms with Gasteiger partial charge in [-0.15, -0.1) is 6.42 Å². The van der Waals surface area contributed by atoms with Gasteiger partial charge in [0.1, 0.15) is 0 Å². The lowest BCUT2D eigenvalue weighted by Crippen LogP contribution is -2.60. The van der Waals surface area contributed by atoms with Crippen molar-refractivity contribution in [1.29, 1.82) is 0 Å². The van der Waals surface area contributed by atoms with Gasteiger partial charge in [-0.25, -0.2) is 0 Å². The van der Waals surface area contributed by atoms with Gasteiger partial charge in [-0.2, -0.15) is 0 Å². The third-order valence-electron chi connectivity index (χ3n) is 4.12. The molecule has 1 N–H and O–H groups in total. The largest absolute Gasteiger partial charge is 0.311 e. The molecule has 2 heteroatoms. The number of piperazine rings is 1. The van der Waals surface area contributed by atoms with Gasteiger partial charge in [0.2, 0.25) is 0 Å². The molecule has 2 fully saturated rings. The predicted octanol–water partition coefficient (Wildman–Crippen LogP) is 1.72. The molecule has 1 aliphatic heterocycles. The van der Waals surface area contributed by atoms with Crippen LogP contribution in [-0.4, -0.2) is 36.1 Å². The average molecular weight is 220 g/mol. The standard InChI is InChI=1S/C14H24N2/c1-5-11(4)16-9-13(12-6-7-12)15-8-14(16)10(2)3/h1,10-15H,6-9H2,2-4H3. The van der Waals surface area contributed by atoms with Crippen LogP contribution in [0.2, 0.25) is 0 Å². The van der Waals surface area contributed by atoms with E-state index in [2.05, 4.69) is 36.9 Å². The van der Waals surface area contributed by atoms with E-state index in [0.717, 1.165) is 19.0 Å². The van der Waals surface area contributed by atoms with Gasteiger partial charge in [-0.3, -0.25) is 4.90 Å². The quantitative estimate of drug-likeness (QED) is 0.729. The topological polar surface area (TPSA) is 15.3 Å². The maximum Gasteiger partial charge on any atom is 0.0686 e. The van der Waals surface area contributed by atoms with Crippen molar-refractivity contribution in [1.82, 2.24) is 10.2 Å². The molecular weight excluding hydrogens is 196 g/mol. The van der Waals surface area contributed by atoms with Gasteiger partial charge in [0, 0.05) is 25.2 Å². The fourth-order valence-electron chi connectivity index (χ4n) is 2.79. The lowest BCUT2D eigenvalue weighted by Gasteiger charge is -2.44. The summed E-state index contributed by atoms with van der Waals surface area (Å²) in [7, 11) is 0. The number of hydrogen-bond donors (Lipinski definition) is 1. The van der Waals surface area contributed by atoms with E-state index in [-0.39, 0.29) is 6.04 Å². The Balaban J connectivity index is 2.03. The molecule has 1 heterocycles. The molecule has 1 saturated carbocycles. The third-order valence-corrected chi connectivity index (χ3v) is 4.12. The van der Waals surface area contributed by atoms with E-state index in [1.807, 2.05) is 0 Å². The zero-order valence-electron chi connectivity index (χ0n) is 10.7. The van der Waals surface area contributed by atoms with Crippen molar-refractivity contribution in [3.63, 3.8) is 0 Å². The van der Waals surface area contributed by atoms with Crippen molar-refractivity contribution in [2.75, 3.05) is 13.1 Å². The summed E-state index contributed by atoms with van der Waals surface area (Å²) in [6.45, 7) is 8.98. The summed E-state index contributed by atoms with van der Waals surface area (Å²) in [4.78, 5) is 2.53. The molecule has 2 aliphatic rings. The predicted molar refractivity (Wildman–Crippen MR) is 68.1 cm³/mol. The second-order valence-corrected chi connectivity index (χ2v) is 5.70. The van der Waals surface area contributed by atoms with Gasteiger partial charge < -0.3 is 5.32 Å². The molecule has 1 saturated heterocycles. The van der Waals surface area contributed by atoms with Crippen molar-refractivity contribution in [2.24, 2.45) is 11.8 Å². The minimum atomic E-state index is 0.274. The van der Waals surface area contributed by atoms with Crippen LogP contribution in [0.1, 0.15) is 33.6 Å². The van der Waals surface area contributed by atoms with E-state index in [1.54, 1.807) is 0 Å². The normalized spacial score (nSPS) is 33.7.